The SMILES string of the molecule is NS(=O)(=O)C(F)(F)C(F)(F)F.[NaH]. The molecule has 0 rings (SSSR count). The molecule has 0 aromatic heterocycles. The minimum absolute atomic E-state index is 0. The van der Waals surface area contributed by atoms with Crippen molar-refractivity contribution in [3.8, 4) is 0 Å². The van der Waals surface area contributed by atoms with Crippen molar-refractivity contribution in [2.45, 2.75) is 11.4 Å². The van der Waals surface area contributed by atoms with E-state index in [0.717, 1.165) is 0 Å². The molecule has 3 nitrogen and oxygen atoms in total. The Morgan fingerprint density at radius 1 is 1.00 bits per heavy atom. The fourth-order valence-corrected chi connectivity index (χ4v) is 0.484. The van der Waals surface area contributed by atoms with Gasteiger partial charge in [-0.25, -0.2) is 13.6 Å². The molecule has 0 spiro atoms. The van der Waals surface area contributed by atoms with E-state index in [-0.39, 0.29) is 29.6 Å². The van der Waals surface area contributed by atoms with Crippen molar-refractivity contribution in [1.82, 2.24) is 0 Å². The quantitative estimate of drug-likeness (QED) is 0.493. The third kappa shape index (κ3) is 2.80. The van der Waals surface area contributed by atoms with Crippen LogP contribution in [0.5, 0.6) is 0 Å². The Labute approximate surface area is 86.4 Å². The van der Waals surface area contributed by atoms with Gasteiger partial charge in [0.25, 0.3) is 10.0 Å². The van der Waals surface area contributed by atoms with Crippen molar-refractivity contribution < 1.29 is 30.4 Å². The topological polar surface area (TPSA) is 60.2 Å². The fraction of sp³-hybridized carbons (Fsp3) is 1.00. The van der Waals surface area contributed by atoms with Crippen LogP contribution >= 0.6 is 0 Å². The molecule has 0 heterocycles. The third-order valence-electron chi connectivity index (χ3n) is 0.687. The van der Waals surface area contributed by atoms with Gasteiger partial charge < -0.3 is 0 Å². The van der Waals surface area contributed by atoms with E-state index in [2.05, 4.69) is 5.14 Å². The Hall–Kier alpha value is 0.560. The summed E-state index contributed by atoms with van der Waals surface area (Å²) in [5, 5.41) is -2.27. The van der Waals surface area contributed by atoms with Gasteiger partial charge in [0.1, 0.15) is 0 Å². The number of alkyl halides is 5. The summed E-state index contributed by atoms with van der Waals surface area (Å²) in [6.07, 6.45) is -6.17. The van der Waals surface area contributed by atoms with Crippen LogP contribution in [0.15, 0.2) is 0 Å². The second-order valence-electron chi connectivity index (χ2n) is 1.56. The molecule has 0 aliphatic heterocycles. The second kappa shape index (κ2) is 3.74. The average Bonchev–Trinajstić information content (AvgIpc) is 1.58. The van der Waals surface area contributed by atoms with E-state index in [4.69, 9.17) is 0 Å². The number of hydrogen-bond acceptors (Lipinski definition) is 2. The van der Waals surface area contributed by atoms with Gasteiger partial charge in [-0.1, -0.05) is 0 Å². The Morgan fingerprint density at radius 2 is 1.25 bits per heavy atom. The van der Waals surface area contributed by atoms with Crippen LogP contribution in [-0.4, -0.2) is 49.4 Å². The summed E-state index contributed by atoms with van der Waals surface area (Å²) >= 11 is 0. The maximum atomic E-state index is 11.6. The average molecular weight is 223 g/mol. The molecule has 10 heteroatoms. The zero-order chi connectivity index (χ0) is 9.50. The molecule has 0 bridgehead atoms. The molecule has 0 aromatic rings. The normalized spacial score (nSPS) is 13.8. The Morgan fingerprint density at radius 3 is 1.25 bits per heavy atom. The number of nitrogens with two attached hydrogens (primary N) is 1. The summed E-state index contributed by atoms with van der Waals surface area (Å²) < 4.78 is 75.8. The van der Waals surface area contributed by atoms with E-state index < -0.39 is 21.5 Å². The minimum atomic E-state index is -6.17. The summed E-state index contributed by atoms with van der Waals surface area (Å²) in [5.41, 5.74) is 0. The summed E-state index contributed by atoms with van der Waals surface area (Å²) in [7, 11) is -5.92. The number of hydrogen-bond donors (Lipinski definition) is 1. The van der Waals surface area contributed by atoms with Gasteiger partial charge in [-0.05, 0) is 0 Å². The molecule has 0 aromatic carbocycles. The predicted molar refractivity (Wildman–Crippen MR) is 31.3 cm³/mol. The first-order valence-electron chi connectivity index (χ1n) is 1.97. The molecule has 0 amide bonds. The second-order valence-corrected chi connectivity index (χ2v) is 3.16. The van der Waals surface area contributed by atoms with Gasteiger partial charge >= 0.3 is 41.0 Å². The maximum absolute atomic E-state index is 11.6. The molecular weight excluding hydrogens is 220 g/mol. The van der Waals surface area contributed by atoms with Crippen LogP contribution < -0.4 is 5.14 Å². The first-order valence-corrected chi connectivity index (χ1v) is 3.51. The predicted octanol–water partition coefficient (Wildman–Crippen LogP) is -0.218. The van der Waals surface area contributed by atoms with Crippen molar-refractivity contribution >= 4 is 39.6 Å². The molecular formula is C2H3F5NNaO2S. The van der Waals surface area contributed by atoms with E-state index in [9.17, 15) is 30.4 Å². The van der Waals surface area contributed by atoms with Crippen molar-refractivity contribution in [3.05, 3.63) is 0 Å². The molecule has 0 unspecified atom stereocenters. The number of sulfonamides is 1. The molecule has 0 radical (unpaired) electrons. The summed E-state index contributed by atoms with van der Waals surface area (Å²) in [6.45, 7) is 0. The van der Waals surface area contributed by atoms with Gasteiger partial charge in [0.15, 0.2) is 0 Å². The van der Waals surface area contributed by atoms with Gasteiger partial charge in [0, 0.05) is 0 Å². The zero-order valence-electron chi connectivity index (χ0n) is 4.69. The van der Waals surface area contributed by atoms with Crippen molar-refractivity contribution in [2.24, 2.45) is 5.14 Å². The van der Waals surface area contributed by atoms with Gasteiger partial charge in [0.05, 0.1) is 0 Å². The number of primary sulfonamides is 1. The third-order valence-corrected chi connectivity index (χ3v) is 1.63. The van der Waals surface area contributed by atoms with E-state index in [1.54, 1.807) is 0 Å². The Balaban J connectivity index is 0. The summed E-state index contributed by atoms with van der Waals surface area (Å²) in [4.78, 5) is 0. The molecule has 0 aliphatic carbocycles. The molecule has 12 heavy (non-hydrogen) atoms. The van der Waals surface area contributed by atoms with Gasteiger partial charge in [-0.3, -0.25) is 0 Å². The molecule has 70 valence electrons. The van der Waals surface area contributed by atoms with Crippen molar-refractivity contribution in [2.75, 3.05) is 0 Å². The monoisotopic (exact) mass is 223 g/mol. The van der Waals surface area contributed by atoms with Gasteiger partial charge in [-0.2, -0.15) is 22.0 Å². The van der Waals surface area contributed by atoms with Crippen LogP contribution in [0, 0.1) is 0 Å². The van der Waals surface area contributed by atoms with Crippen LogP contribution in [-0.2, 0) is 10.0 Å². The molecule has 0 fully saturated rings. The molecule has 2 N–H and O–H groups in total. The molecule has 0 saturated carbocycles. The van der Waals surface area contributed by atoms with Gasteiger partial charge in [0.2, 0.25) is 0 Å². The van der Waals surface area contributed by atoms with Crippen LogP contribution in [0.25, 0.3) is 0 Å². The first kappa shape index (κ1) is 15.1. The summed E-state index contributed by atoms with van der Waals surface area (Å²) in [6, 6.07) is 0. The van der Waals surface area contributed by atoms with E-state index in [0.29, 0.717) is 0 Å². The van der Waals surface area contributed by atoms with Crippen molar-refractivity contribution in [3.63, 3.8) is 0 Å². The van der Waals surface area contributed by atoms with Crippen LogP contribution in [0.3, 0.4) is 0 Å². The fourth-order valence-electron chi connectivity index (χ4n) is 0.161. The van der Waals surface area contributed by atoms with Crippen LogP contribution in [0.2, 0.25) is 0 Å². The van der Waals surface area contributed by atoms with E-state index in [1.165, 1.54) is 0 Å². The Bertz CT molecular complexity index is 245. The molecule has 0 saturated heterocycles. The number of rotatable bonds is 1. The van der Waals surface area contributed by atoms with Crippen LogP contribution in [0.4, 0.5) is 22.0 Å². The van der Waals surface area contributed by atoms with Crippen molar-refractivity contribution in [1.29, 1.82) is 0 Å². The molecule has 0 atom stereocenters. The van der Waals surface area contributed by atoms with E-state index in [1.807, 2.05) is 0 Å². The van der Waals surface area contributed by atoms with Gasteiger partial charge in [-0.15, -0.1) is 0 Å². The van der Waals surface area contributed by atoms with E-state index >= 15 is 0 Å². The van der Waals surface area contributed by atoms with Crippen LogP contribution in [0.1, 0.15) is 0 Å². The standard InChI is InChI=1S/C2H2F5NO2S.Na.H/c3-1(4,5)2(6,7)11(8,9)10;;/h(H2,8,9,10);;. The first-order chi connectivity index (χ1) is 4.50. The molecule has 0 aliphatic rings. The number of halogens is 5. The zero-order valence-corrected chi connectivity index (χ0v) is 5.51. The Kier molecular flexibility index (Phi) is 4.69. The summed E-state index contributed by atoms with van der Waals surface area (Å²) in [5.74, 6) is 0.